The van der Waals surface area contributed by atoms with Crippen molar-refractivity contribution in [1.82, 2.24) is 10.2 Å². The summed E-state index contributed by atoms with van der Waals surface area (Å²) in [4.78, 5) is 27.9. The number of aryl methyl sites for hydroxylation is 2. The summed E-state index contributed by atoms with van der Waals surface area (Å²) in [5.41, 5.74) is 3.97. The first-order chi connectivity index (χ1) is 14.3. The molecule has 162 valence electrons. The molecule has 1 N–H and O–H groups in total. The number of hydrogen-bond donors (Lipinski definition) is 1. The molecule has 0 aliphatic heterocycles. The van der Waals surface area contributed by atoms with Gasteiger partial charge in [0.2, 0.25) is 11.8 Å². The number of carbonyl (C=O) groups excluding carboxylic acids is 2. The quantitative estimate of drug-likeness (QED) is 0.551. The Morgan fingerprint density at radius 3 is 2.40 bits per heavy atom. The van der Waals surface area contributed by atoms with Gasteiger partial charge in [0.25, 0.3) is 0 Å². The van der Waals surface area contributed by atoms with Crippen LogP contribution in [0.1, 0.15) is 48.9 Å². The molecule has 0 fully saturated rings. The number of amides is 2. The van der Waals surface area contributed by atoms with Crippen molar-refractivity contribution in [2.75, 3.05) is 6.54 Å². The van der Waals surface area contributed by atoms with Crippen LogP contribution in [-0.4, -0.2) is 29.3 Å². The largest absolute Gasteiger partial charge is 0.354 e. The standard InChI is InChI=1S/C24H30Cl2N2O2/c1-5-11-27-24(30)22(6-2)28(15-18-9-10-20(25)21(26)13-18)23(29)14-19-12-16(3)7-8-17(19)4/h7-10,12-13,22H,5-6,11,14-15H2,1-4H3,(H,27,30)/t22-/m0/s1. The highest BCUT2D eigenvalue weighted by atomic mass is 35.5. The second-order valence-corrected chi connectivity index (χ2v) is 8.41. The van der Waals surface area contributed by atoms with Crippen molar-refractivity contribution >= 4 is 35.0 Å². The van der Waals surface area contributed by atoms with Crippen LogP contribution in [0, 0.1) is 13.8 Å². The van der Waals surface area contributed by atoms with E-state index in [1.807, 2.05) is 52.0 Å². The minimum atomic E-state index is -0.552. The van der Waals surface area contributed by atoms with E-state index in [2.05, 4.69) is 5.32 Å². The molecule has 2 aromatic rings. The van der Waals surface area contributed by atoms with Crippen LogP contribution < -0.4 is 5.32 Å². The Balaban J connectivity index is 2.34. The van der Waals surface area contributed by atoms with E-state index >= 15 is 0 Å². The molecule has 0 unspecified atom stereocenters. The van der Waals surface area contributed by atoms with Crippen molar-refractivity contribution in [3.05, 3.63) is 68.7 Å². The van der Waals surface area contributed by atoms with Gasteiger partial charge in [0.15, 0.2) is 0 Å². The van der Waals surface area contributed by atoms with Crippen molar-refractivity contribution in [3.63, 3.8) is 0 Å². The molecule has 0 aliphatic carbocycles. The average Bonchev–Trinajstić information content (AvgIpc) is 2.71. The van der Waals surface area contributed by atoms with E-state index in [1.165, 1.54) is 0 Å². The normalized spacial score (nSPS) is 11.8. The average molecular weight is 449 g/mol. The van der Waals surface area contributed by atoms with Gasteiger partial charge in [0.1, 0.15) is 6.04 Å². The number of benzene rings is 2. The summed E-state index contributed by atoms with van der Waals surface area (Å²) >= 11 is 12.2. The maximum atomic E-state index is 13.4. The molecule has 2 rings (SSSR count). The summed E-state index contributed by atoms with van der Waals surface area (Å²) in [5, 5.41) is 3.82. The van der Waals surface area contributed by atoms with Gasteiger partial charge in [-0.1, -0.05) is 66.9 Å². The maximum absolute atomic E-state index is 13.4. The molecule has 0 saturated heterocycles. The fourth-order valence-corrected chi connectivity index (χ4v) is 3.70. The number of carbonyl (C=O) groups is 2. The Labute approximate surface area is 189 Å². The smallest absolute Gasteiger partial charge is 0.242 e. The number of nitrogens with zero attached hydrogens (tertiary/aromatic N) is 1. The van der Waals surface area contributed by atoms with Crippen LogP contribution in [-0.2, 0) is 22.6 Å². The Bertz CT molecular complexity index is 899. The molecule has 1 atom stereocenters. The van der Waals surface area contributed by atoms with E-state index in [-0.39, 0.29) is 18.2 Å². The van der Waals surface area contributed by atoms with E-state index in [9.17, 15) is 9.59 Å². The molecule has 0 aliphatic rings. The van der Waals surface area contributed by atoms with Crippen molar-refractivity contribution in [3.8, 4) is 0 Å². The number of halogens is 2. The molecule has 0 spiro atoms. The molecule has 2 aromatic carbocycles. The van der Waals surface area contributed by atoms with Crippen molar-refractivity contribution in [1.29, 1.82) is 0 Å². The lowest BCUT2D eigenvalue weighted by Crippen LogP contribution is -2.49. The molecule has 6 heteroatoms. The molecule has 30 heavy (non-hydrogen) atoms. The minimum Gasteiger partial charge on any atom is -0.354 e. The summed E-state index contributed by atoms with van der Waals surface area (Å²) in [6.45, 7) is 8.80. The van der Waals surface area contributed by atoms with Gasteiger partial charge in [-0.15, -0.1) is 0 Å². The lowest BCUT2D eigenvalue weighted by molar-refractivity contribution is -0.140. The van der Waals surface area contributed by atoms with E-state index < -0.39 is 6.04 Å². The number of hydrogen-bond acceptors (Lipinski definition) is 2. The van der Waals surface area contributed by atoms with Gasteiger partial charge in [-0.3, -0.25) is 9.59 Å². The molecule has 0 heterocycles. The van der Waals surface area contributed by atoms with Crippen molar-refractivity contribution in [2.24, 2.45) is 0 Å². The molecular formula is C24H30Cl2N2O2. The van der Waals surface area contributed by atoms with E-state index in [0.29, 0.717) is 29.6 Å². The maximum Gasteiger partial charge on any atom is 0.242 e. The second-order valence-electron chi connectivity index (χ2n) is 7.59. The highest BCUT2D eigenvalue weighted by Gasteiger charge is 2.28. The predicted octanol–water partition coefficient (Wildman–Crippen LogP) is 5.49. The third-order valence-electron chi connectivity index (χ3n) is 5.12. The first kappa shape index (κ1) is 24.2. The fraction of sp³-hybridized carbons (Fsp3) is 0.417. The van der Waals surface area contributed by atoms with E-state index in [0.717, 1.165) is 28.7 Å². The first-order valence-electron chi connectivity index (χ1n) is 10.3. The Hall–Kier alpha value is -2.04. The summed E-state index contributed by atoms with van der Waals surface area (Å²) < 4.78 is 0. The highest BCUT2D eigenvalue weighted by molar-refractivity contribution is 6.42. The first-order valence-corrected chi connectivity index (χ1v) is 11.1. The highest BCUT2D eigenvalue weighted by Crippen LogP contribution is 2.24. The summed E-state index contributed by atoms with van der Waals surface area (Å²) in [7, 11) is 0. The zero-order valence-electron chi connectivity index (χ0n) is 18.1. The van der Waals surface area contributed by atoms with Crippen LogP contribution in [0.5, 0.6) is 0 Å². The molecule has 4 nitrogen and oxygen atoms in total. The SMILES string of the molecule is CCCNC(=O)[C@H](CC)N(Cc1ccc(Cl)c(Cl)c1)C(=O)Cc1cc(C)ccc1C. The molecule has 0 saturated carbocycles. The Morgan fingerprint density at radius 1 is 1.03 bits per heavy atom. The molecule has 0 radical (unpaired) electrons. The van der Waals surface area contributed by atoms with E-state index in [1.54, 1.807) is 17.0 Å². The lowest BCUT2D eigenvalue weighted by atomic mass is 10.0. The van der Waals surface area contributed by atoms with Gasteiger partial charge in [0, 0.05) is 13.1 Å². The van der Waals surface area contributed by atoms with Gasteiger partial charge >= 0.3 is 0 Å². The van der Waals surface area contributed by atoms with Gasteiger partial charge in [-0.2, -0.15) is 0 Å². The summed E-state index contributed by atoms with van der Waals surface area (Å²) in [5.74, 6) is -0.220. The van der Waals surface area contributed by atoms with Gasteiger partial charge in [0.05, 0.1) is 16.5 Å². The zero-order valence-corrected chi connectivity index (χ0v) is 19.6. The van der Waals surface area contributed by atoms with Crippen LogP contribution in [0.3, 0.4) is 0 Å². The third kappa shape index (κ3) is 6.48. The topological polar surface area (TPSA) is 49.4 Å². The monoisotopic (exact) mass is 448 g/mol. The molecule has 0 aromatic heterocycles. The number of rotatable bonds is 9. The third-order valence-corrected chi connectivity index (χ3v) is 5.86. The second kappa shape index (κ2) is 11.4. The van der Waals surface area contributed by atoms with Crippen LogP contribution in [0.4, 0.5) is 0 Å². The predicted molar refractivity (Wildman–Crippen MR) is 124 cm³/mol. The summed E-state index contributed by atoms with van der Waals surface area (Å²) in [6, 6.07) is 10.8. The molecule has 0 bridgehead atoms. The van der Waals surface area contributed by atoms with E-state index in [4.69, 9.17) is 23.2 Å². The summed E-state index contributed by atoms with van der Waals surface area (Å²) in [6.07, 6.45) is 1.60. The Kier molecular flexibility index (Phi) is 9.19. The van der Waals surface area contributed by atoms with Crippen LogP contribution >= 0.6 is 23.2 Å². The van der Waals surface area contributed by atoms with Crippen LogP contribution in [0.15, 0.2) is 36.4 Å². The van der Waals surface area contributed by atoms with Gasteiger partial charge < -0.3 is 10.2 Å². The minimum absolute atomic E-state index is 0.0896. The fourth-order valence-electron chi connectivity index (χ4n) is 3.38. The van der Waals surface area contributed by atoms with Gasteiger partial charge in [-0.25, -0.2) is 0 Å². The molecular weight excluding hydrogens is 419 g/mol. The zero-order chi connectivity index (χ0) is 22.3. The van der Waals surface area contributed by atoms with Crippen LogP contribution in [0.2, 0.25) is 10.0 Å². The lowest BCUT2D eigenvalue weighted by Gasteiger charge is -2.31. The van der Waals surface area contributed by atoms with Gasteiger partial charge in [-0.05, 0) is 55.5 Å². The van der Waals surface area contributed by atoms with Crippen molar-refractivity contribution < 1.29 is 9.59 Å². The number of nitrogens with one attached hydrogen (secondary N) is 1. The van der Waals surface area contributed by atoms with Crippen LogP contribution in [0.25, 0.3) is 0 Å². The Morgan fingerprint density at radius 2 is 1.77 bits per heavy atom. The molecule has 2 amide bonds. The van der Waals surface area contributed by atoms with Crippen molar-refractivity contribution in [2.45, 2.75) is 59.5 Å².